The topological polar surface area (TPSA) is 86.0 Å². The first-order chi connectivity index (χ1) is 8.17. The Kier molecular flexibility index (Phi) is 3.04. The summed E-state index contributed by atoms with van der Waals surface area (Å²) in [6.45, 7) is 1.93. The van der Waals surface area contributed by atoms with Crippen LogP contribution in [0.2, 0.25) is 0 Å². The average molecular weight is 231 g/mol. The zero-order valence-corrected chi connectivity index (χ0v) is 9.64. The van der Waals surface area contributed by atoms with E-state index < -0.39 is 0 Å². The fourth-order valence-electron chi connectivity index (χ4n) is 1.30. The van der Waals surface area contributed by atoms with Gasteiger partial charge in [-0.2, -0.15) is 9.97 Å². The van der Waals surface area contributed by atoms with Crippen LogP contribution in [0, 0.1) is 6.92 Å². The number of nitrogens with one attached hydrogen (secondary N) is 1. The first-order valence-electron chi connectivity index (χ1n) is 5.05. The Morgan fingerprint density at radius 3 is 2.76 bits per heavy atom. The van der Waals surface area contributed by atoms with Crippen molar-refractivity contribution in [3.05, 3.63) is 30.1 Å². The van der Waals surface area contributed by atoms with Gasteiger partial charge in [-0.1, -0.05) is 0 Å². The standard InChI is InChI=1S/C11H13N5O/c1-7-3-4-8(6-13-7)14-9-5-10(17-2)16-11(12)15-9/h3-6H,1-2H3,(H3,12,14,15,16). The van der Waals surface area contributed by atoms with Gasteiger partial charge in [0.25, 0.3) is 0 Å². The van der Waals surface area contributed by atoms with Crippen LogP contribution in [-0.2, 0) is 0 Å². The lowest BCUT2D eigenvalue weighted by atomic mass is 10.3. The monoisotopic (exact) mass is 231 g/mol. The molecule has 0 aromatic carbocycles. The molecule has 0 aliphatic carbocycles. The van der Waals surface area contributed by atoms with E-state index in [1.54, 1.807) is 12.3 Å². The van der Waals surface area contributed by atoms with Gasteiger partial charge in [0.05, 0.1) is 19.0 Å². The van der Waals surface area contributed by atoms with E-state index >= 15 is 0 Å². The molecule has 0 saturated heterocycles. The summed E-state index contributed by atoms with van der Waals surface area (Å²) in [6, 6.07) is 5.48. The molecule has 6 heteroatoms. The maximum absolute atomic E-state index is 5.55. The Labute approximate surface area is 98.9 Å². The molecule has 0 aliphatic heterocycles. The third kappa shape index (κ3) is 2.81. The lowest BCUT2D eigenvalue weighted by molar-refractivity contribution is 0.398. The lowest BCUT2D eigenvalue weighted by Gasteiger charge is -2.07. The Morgan fingerprint density at radius 2 is 2.12 bits per heavy atom. The molecular weight excluding hydrogens is 218 g/mol. The Balaban J connectivity index is 2.23. The third-order valence-electron chi connectivity index (χ3n) is 2.11. The van der Waals surface area contributed by atoms with Gasteiger partial charge in [-0.05, 0) is 19.1 Å². The van der Waals surface area contributed by atoms with E-state index in [1.165, 1.54) is 7.11 Å². The van der Waals surface area contributed by atoms with E-state index in [0.29, 0.717) is 11.7 Å². The summed E-state index contributed by atoms with van der Waals surface area (Å²) in [6.07, 6.45) is 1.72. The minimum absolute atomic E-state index is 0.159. The van der Waals surface area contributed by atoms with Crippen molar-refractivity contribution in [1.82, 2.24) is 15.0 Å². The quantitative estimate of drug-likeness (QED) is 0.832. The summed E-state index contributed by atoms with van der Waals surface area (Å²) in [5.41, 5.74) is 7.34. The molecule has 88 valence electrons. The van der Waals surface area contributed by atoms with Crippen LogP contribution in [0.4, 0.5) is 17.5 Å². The molecule has 0 aliphatic rings. The van der Waals surface area contributed by atoms with E-state index in [2.05, 4.69) is 20.3 Å². The van der Waals surface area contributed by atoms with Gasteiger partial charge in [0, 0.05) is 11.8 Å². The summed E-state index contributed by atoms with van der Waals surface area (Å²) in [5, 5.41) is 3.07. The second kappa shape index (κ2) is 4.65. The van der Waals surface area contributed by atoms with Crippen LogP contribution in [0.5, 0.6) is 5.88 Å². The zero-order valence-electron chi connectivity index (χ0n) is 9.64. The molecule has 0 amide bonds. The number of nitrogens with two attached hydrogens (primary N) is 1. The van der Waals surface area contributed by atoms with Crippen molar-refractivity contribution in [3.63, 3.8) is 0 Å². The van der Waals surface area contributed by atoms with Crippen molar-refractivity contribution in [2.45, 2.75) is 6.92 Å². The van der Waals surface area contributed by atoms with Gasteiger partial charge in [-0.15, -0.1) is 0 Å². The van der Waals surface area contributed by atoms with Gasteiger partial charge < -0.3 is 15.8 Å². The second-order valence-corrected chi connectivity index (χ2v) is 3.47. The molecule has 0 atom stereocenters. The summed E-state index contributed by atoms with van der Waals surface area (Å²) in [7, 11) is 1.53. The van der Waals surface area contributed by atoms with Crippen LogP contribution in [-0.4, -0.2) is 22.1 Å². The fourth-order valence-corrected chi connectivity index (χ4v) is 1.30. The summed E-state index contributed by atoms with van der Waals surface area (Å²) >= 11 is 0. The van der Waals surface area contributed by atoms with Crippen molar-refractivity contribution in [1.29, 1.82) is 0 Å². The number of hydrogen-bond donors (Lipinski definition) is 2. The molecule has 2 aromatic heterocycles. The van der Waals surface area contributed by atoms with E-state index in [-0.39, 0.29) is 5.95 Å². The molecule has 0 bridgehead atoms. The van der Waals surface area contributed by atoms with Crippen molar-refractivity contribution in [2.75, 3.05) is 18.2 Å². The predicted molar refractivity (Wildman–Crippen MR) is 65.3 cm³/mol. The highest BCUT2D eigenvalue weighted by atomic mass is 16.5. The minimum atomic E-state index is 0.159. The van der Waals surface area contributed by atoms with E-state index in [4.69, 9.17) is 10.5 Å². The van der Waals surface area contributed by atoms with Gasteiger partial charge in [-0.3, -0.25) is 4.98 Å². The molecule has 2 heterocycles. The van der Waals surface area contributed by atoms with Crippen LogP contribution < -0.4 is 15.8 Å². The lowest BCUT2D eigenvalue weighted by Crippen LogP contribution is -2.02. The maximum atomic E-state index is 5.55. The number of hydrogen-bond acceptors (Lipinski definition) is 6. The van der Waals surface area contributed by atoms with Gasteiger partial charge in [0.2, 0.25) is 11.8 Å². The number of rotatable bonds is 3. The molecule has 2 aromatic rings. The number of nitrogen functional groups attached to an aromatic ring is 1. The molecular formula is C11H13N5O. The molecule has 0 saturated carbocycles. The summed E-state index contributed by atoms with van der Waals surface area (Å²) in [5.74, 6) is 1.15. The van der Waals surface area contributed by atoms with Gasteiger partial charge in [0.15, 0.2) is 0 Å². The molecule has 3 N–H and O–H groups in total. The normalized spacial score (nSPS) is 10.0. The number of ether oxygens (including phenoxy) is 1. The molecule has 0 unspecified atom stereocenters. The van der Waals surface area contributed by atoms with Gasteiger partial charge >= 0.3 is 0 Å². The van der Waals surface area contributed by atoms with Crippen LogP contribution in [0.25, 0.3) is 0 Å². The van der Waals surface area contributed by atoms with Crippen LogP contribution in [0.1, 0.15) is 5.69 Å². The predicted octanol–water partition coefficient (Wildman–Crippen LogP) is 1.51. The van der Waals surface area contributed by atoms with Crippen LogP contribution in [0.15, 0.2) is 24.4 Å². The van der Waals surface area contributed by atoms with Crippen molar-refractivity contribution in [2.24, 2.45) is 0 Å². The van der Waals surface area contributed by atoms with Crippen LogP contribution in [0.3, 0.4) is 0 Å². The van der Waals surface area contributed by atoms with E-state index in [1.807, 2.05) is 19.1 Å². The smallest absolute Gasteiger partial charge is 0.225 e. The summed E-state index contributed by atoms with van der Waals surface area (Å²) in [4.78, 5) is 12.1. The number of nitrogens with zero attached hydrogens (tertiary/aromatic N) is 3. The fraction of sp³-hybridized carbons (Fsp3) is 0.182. The molecule has 6 nitrogen and oxygen atoms in total. The molecule has 2 rings (SSSR count). The molecule has 0 radical (unpaired) electrons. The third-order valence-corrected chi connectivity index (χ3v) is 2.11. The van der Waals surface area contributed by atoms with Crippen LogP contribution >= 0.6 is 0 Å². The number of aryl methyl sites for hydroxylation is 1. The Bertz CT molecular complexity index is 512. The highest BCUT2D eigenvalue weighted by Gasteiger charge is 2.02. The second-order valence-electron chi connectivity index (χ2n) is 3.47. The highest BCUT2D eigenvalue weighted by Crippen LogP contribution is 2.18. The van der Waals surface area contributed by atoms with E-state index in [9.17, 15) is 0 Å². The SMILES string of the molecule is COc1cc(Nc2ccc(C)nc2)nc(N)n1. The number of anilines is 3. The van der Waals surface area contributed by atoms with Crippen molar-refractivity contribution < 1.29 is 4.74 Å². The molecule has 17 heavy (non-hydrogen) atoms. The first kappa shape index (κ1) is 11.1. The van der Waals surface area contributed by atoms with Crippen molar-refractivity contribution >= 4 is 17.5 Å². The largest absolute Gasteiger partial charge is 0.481 e. The molecule has 0 fully saturated rings. The van der Waals surface area contributed by atoms with E-state index in [0.717, 1.165) is 11.4 Å². The highest BCUT2D eigenvalue weighted by molar-refractivity contribution is 5.56. The zero-order chi connectivity index (χ0) is 12.3. The summed E-state index contributed by atoms with van der Waals surface area (Å²) < 4.78 is 5.01. The minimum Gasteiger partial charge on any atom is -0.481 e. The van der Waals surface area contributed by atoms with Gasteiger partial charge in [-0.25, -0.2) is 0 Å². The Hall–Kier alpha value is -2.37. The maximum Gasteiger partial charge on any atom is 0.225 e. The number of aromatic nitrogens is 3. The number of pyridine rings is 1. The number of methoxy groups -OCH3 is 1. The first-order valence-corrected chi connectivity index (χ1v) is 5.05. The van der Waals surface area contributed by atoms with Gasteiger partial charge in [0.1, 0.15) is 5.82 Å². The Morgan fingerprint density at radius 1 is 1.29 bits per heavy atom. The van der Waals surface area contributed by atoms with Crippen molar-refractivity contribution in [3.8, 4) is 5.88 Å². The average Bonchev–Trinajstić information content (AvgIpc) is 2.31. The molecule has 0 spiro atoms.